The van der Waals surface area contributed by atoms with Crippen LogP contribution in [0.25, 0.3) is 6.08 Å². The number of hydrogen-bond acceptors (Lipinski definition) is 3. The Hall–Kier alpha value is -2.07. The van der Waals surface area contributed by atoms with Gasteiger partial charge >= 0.3 is 0 Å². The molecule has 2 aromatic rings. The Morgan fingerprint density at radius 2 is 1.67 bits per heavy atom. The molecule has 4 heteroatoms. The third kappa shape index (κ3) is 2.98. The average Bonchev–Trinajstić information content (AvgIpc) is 2.91. The normalized spacial score (nSPS) is 23.2. The first-order valence-corrected chi connectivity index (χ1v) is 10.2. The molecule has 2 heterocycles. The van der Waals surface area contributed by atoms with Gasteiger partial charge in [0, 0.05) is 29.7 Å². The topological polar surface area (TPSA) is 32.7 Å². The second-order valence-corrected chi connectivity index (χ2v) is 8.48. The molecule has 2 aromatic carbocycles. The van der Waals surface area contributed by atoms with Crippen molar-refractivity contribution < 1.29 is 4.21 Å². The lowest BCUT2D eigenvalue weighted by Crippen LogP contribution is -2.23. The minimum atomic E-state index is -2.51. The highest BCUT2D eigenvalue weighted by Gasteiger charge is 2.17. The van der Waals surface area contributed by atoms with E-state index < -0.39 is 9.73 Å². The number of nitrogens with zero attached hydrogens (tertiary/aromatic N) is 2. The van der Waals surface area contributed by atoms with E-state index in [4.69, 9.17) is 0 Å². The number of hydrogen-bond donors (Lipinski definition) is 0. The van der Waals surface area contributed by atoms with Gasteiger partial charge in [0.15, 0.2) is 0 Å². The lowest BCUT2D eigenvalue weighted by atomic mass is 10.1. The lowest BCUT2D eigenvalue weighted by Gasteiger charge is -2.24. The van der Waals surface area contributed by atoms with Crippen LogP contribution in [0, 0.1) is 0 Å². The highest BCUT2D eigenvalue weighted by molar-refractivity contribution is 7.96. The van der Waals surface area contributed by atoms with E-state index in [1.807, 2.05) is 36.4 Å². The molecule has 0 aliphatic carbocycles. The summed E-state index contributed by atoms with van der Waals surface area (Å²) in [6.07, 6.45) is 7.07. The molecule has 2 aliphatic rings. The lowest BCUT2D eigenvalue weighted by molar-refractivity contribution is 0.682. The number of benzene rings is 2. The fourth-order valence-corrected chi connectivity index (χ4v) is 5.02. The molecule has 1 saturated heterocycles. The molecule has 1 atom stereocenters. The second kappa shape index (κ2) is 6.44. The molecule has 2 aliphatic heterocycles. The average molecular weight is 338 g/mol. The molecule has 0 spiro atoms. The zero-order chi connectivity index (χ0) is 16.4. The van der Waals surface area contributed by atoms with Crippen LogP contribution < -0.4 is 4.90 Å². The summed E-state index contributed by atoms with van der Waals surface area (Å²) in [5, 5.41) is 1.75. The zero-order valence-corrected chi connectivity index (χ0v) is 14.5. The Morgan fingerprint density at radius 1 is 0.917 bits per heavy atom. The predicted molar refractivity (Wildman–Crippen MR) is 101 cm³/mol. The number of rotatable bonds is 2. The van der Waals surface area contributed by atoms with Gasteiger partial charge in [0.1, 0.15) is 9.73 Å². The van der Waals surface area contributed by atoms with Crippen LogP contribution in [0.2, 0.25) is 0 Å². The number of anilines is 1. The van der Waals surface area contributed by atoms with Gasteiger partial charge in [-0.3, -0.25) is 0 Å². The molecule has 1 fully saturated rings. The first-order chi connectivity index (χ1) is 11.7. The van der Waals surface area contributed by atoms with Gasteiger partial charge in [0.05, 0.1) is 10.6 Å². The van der Waals surface area contributed by atoms with E-state index in [0.717, 1.165) is 29.2 Å². The smallest absolute Gasteiger partial charge is 0.102 e. The predicted octanol–water partition coefficient (Wildman–Crippen LogP) is 5.21. The van der Waals surface area contributed by atoms with Crippen molar-refractivity contribution in [3.63, 3.8) is 0 Å². The first kappa shape index (κ1) is 15.5. The molecule has 24 heavy (non-hydrogen) atoms. The van der Waals surface area contributed by atoms with Crippen molar-refractivity contribution in [2.75, 3.05) is 18.0 Å². The van der Waals surface area contributed by atoms with E-state index in [9.17, 15) is 4.21 Å². The minimum absolute atomic E-state index is 0.770. The summed E-state index contributed by atoms with van der Waals surface area (Å²) in [4.78, 5) is 3.21. The van der Waals surface area contributed by atoms with Crippen LogP contribution in [0.15, 0.2) is 63.2 Å². The molecule has 124 valence electrons. The third-order valence-electron chi connectivity index (χ3n) is 4.73. The van der Waals surface area contributed by atoms with E-state index in [-0.39, 0.29) is 0 Å². The van der Waals surface area contributed by atoms with E-state index >= 15 is 0 Å². The van der Waals surface area contributed by atoms with Crippen LogP contribution in [0.1, 0.15) is 31.2 Å². The van der Waals surface area contributed by atoms with E-state index in [2.05, 4.69) is 27.5 Å². The second-order valence-electron chi connectivity index (χ2n) is 6.42. The maximum atomic E-state index is 13.2. The largest absolute Gasteiger partial charge is 0.371 e. The van der Waals surface area contributed by atoms with Crippen molar-refractivity contribution in [2.24, 2.45) is 4.36 Å². The van der Waals surface area contributed by atoms with Gasteiger partial charge < -0.3 is 4.90 Å². The van der Waals surface area contributed by atoms with E-state index in [1.165, 1.54) is 31.4 Å². The summed E-state index contributed by atoms with van der Waals surface area (Å²) in [7, 11) is -2.51. The van der Waals surface area contributed by atoms with Gasteiger partial charge in [-0.1, -0.05) is 37.1 Å². The SMILES string of the molecule is O=[S@]1(c2ccccc2)=Nc2cc(N3CCCCCC3)ccc2C=C1. The van der Waals surface area contributed by atoms with Crippen molar-refractivity contribution in [1.82, 2.24) is 0 Å². The molecular weight excluding hydrogens is 316 g/mol. The van der Waals surface area contributed by atoms with Crippen LogP contribution >= 0.6 is 0 Å². The molecule has 0 amide bonds. The van der Waals surface area contributed by atoms with Crippen molar-refractivity contribution in [2.45, 2.75) is 30.6 Å². The summed E-state index contributed by atoms with van der Waals surface area (Å²) in [5.41, 5.74) is 3.08. The Morgan fingerprint density at radius 3 is 2.42 bits per heavy atom. The van der Waals surface area contributed by atoms with Gasteiger partial charge in [-0.05, 0) is 43.2 Å². The van der Waals surface area contributed by atoms with Crippen LogP contribution in [-0.2, 0) is 9.73 Å². The highest BCUT2D eigenvalue weighted by atomic mass is 32.2. The fraction of sp³-hybridized carbons (Fsp3) is 0.300. The third-order valence-corrected chi connectivity index (χ3v) is 6.65. The summed E-state index contributed by atoms with van der Waals surface area (Å²) >= 11 is 0. The first-order valence-electron chi connectivity index (χ1n) is 8.64. The van der Waals surface area contributed by atoms with Crippen LogP contribution in [0.3, 0.4) is 0 Å². The van der Waals surface area contributed by atoms with Crippen molar-refractivity contribution in [3.8, 4) is 0 Å². The van der Waals surface area contributed by atoms with Crippen LogP contribution in [0.4, 0.5) is 11.4 Å². The summed E-state index contributed by atoms with van der Waals surface area (Å²) in [5.74, 6) is 0. The zero-order valence-electron chi connectivity index (χ0n) is 13.7. The minimum Gasteiger partial charge on any atom is -0.371 e. The summed E-state index contributed by atoms with van der Waals surface area (Å²) in [6, 6.07) is 15.9. The molecular formula is C20H22N2OS. The Kier molecular flexibility index (Phi) is 4.15. The molecule has 0 unspecified atom stereocenters. The molecule has 0 bridgehead atoms. The fourth-order valence-electron chi connectivity index (χ4n) is 3.37. The highest BCUT2D eigenvalue weighted by Crippen LogP contribution is 2.34. The van der Waals surface area contributed by atoms with Crippen molar-refractivity contribution in [1.29, 1.82) is 0 Å². The van der Waals surface area contributed by atoms with Gasteiger partial charge in [-0.25, -0.2) is 4.21 Å². The standard InChI is InChI=1S/C20H22N2OS/c23-24(19-8-4-3-5-9-19)15-12-17-10-11-18(16-20(17)21-24)22-13-6-1-2-7-14-22/h3-5,8-12,15-16H,1-2,6-7,13-14H2/t24-/m1/s1. The summed E-state index contributed by atoms with van der Waals surface area (Å²) < 4.78 is 17.9. The van der Waals surface area contributed by atoms with Gasteiger partial charge in [-0.2, -0.15) is 4.36 Å². The molecule has 0 saturated carbocycles. The van der Waals surface area contributed by atoms with Gasteiger partial charge in [-0.15, -0.1) is 0 Å². The van der Waals surface area contributed by atoms with E-state index in [1.54, 1.807) is 5.41 Å². The number of fused-ring (bicyclic) bond motifs is 1. The molecule has 0 N–H and O–H groups in total. The molecule has 0 aromatic heterocycles. The van der Waals surface area contributed by atoms with Crippen molar-refractivity contribution in [3.05, 3.63) is 59.5 Å². The summed E-state index contributed by atoms with van der Waals surface area (Å²) in [6.45, 7) is 2.20. The van der Waals surface area contributed by atoms with Gasteiger partial charge in [0.2, 0.25) is 0 Å². The quantitative estimate of drug-likeness (QED) is 0.753. The van der Waals surface area contributed by atoms with Gasteiger partial charge in [0.25, 0.3) is 0 Å². The van der Waals surface area contributed by atoms with Crippen LogP contribution in [-0.4, -0.2) is 17.3 Å². The maximum absolute atomic E-state index is 13.2. The Balaban J connectivity index is 1.74. The molecule has 4 rings (SSSR count). The van der Waals surface area contributed by atoms with Crippen molar-refractivity contribution >= 4 is 27.2 Å². The molecule has 3 nitrogen and oxygen atoms in total. The maximum Gasteiger partial charge on any atom is 0.102 e. The Bertz CT molecular complexity index is 872. The monoisotopic (exact) mass is 338 g/mol. The Labute approximate surface area is 144 Å². The molecule has 0 radical (unpaired) electrons. The van der Waals surface area contributed by atoms with Crippen LogP contribution in [0.5, 0.6) is 0 Å². The van der Waals surface area contributed by atoms with E-state index in [0.29, 0.717) is 0 Å².